The van der Waals surface area contributed by atoms with Gasteiger partial charge in [-0.25, -0.2) is 8.42 Å². The lowest BCUT2D eigenvalue weighted by molar-refractivity contribution is 0.188. The number of nitrogens with zero attached hydrogens (tertiary/aromatic N) is 3. The van der Waals surface area contributed by atoms with Crippen molar-refractivity contribution in [1.29, 1.82) is 0 Å². The summed E-state index contributed by atoms with van der Waals surface area (Å²) in [4.78, 5) is 1.86. The van der Waals surface area contributed by atoms with Crippen molar-refractivity contribution in [2.75, 3.05) is 32.9 Å². The van der Waals surface area contributed by atoms with Crippen molar-refractivity contribution in [1.82, 2.24) is 19.4 Å². The standard InChI is InChI=1S/C10H19N5O3S/c1-14(2)5-7-3-8(16)6-15(7)19(17,18)9-4-12-13-10(9)11/h4,7-8,16H,3,5-6H2,1-2H3,(H3,11,12,13). The van der Waals surface area contributed by atoms with Crippen molar-refractivity contribution in [3.8, 4) is 0 Å². The fraction of sp³-hybridized carbons (Fsp3) is 0.700. The first-order valence-corrected chi connectivity index (χ1v) is 7.40. The van der Waals surface area contributed by atoms with Crippen molar-refractivity contribution in [2.45, 2.75) is 23.5 Å². The third-order valence-electron chi connectivity index (χ3n) is 3.14. The van der Waals surface area contributed by atoms with Crippen LogP contribution >= 0.6 is 0 Å². The molecule has 8 nitrogen and oxygen atoms in total. The van der Waals surface area contributed by atoms with Gasteiger partial charge in [0.15, 0.2) is 0 Å². The zero-order valence-corrected chi connectivity index (χ0v) is 11.8. The van der Waals surface area contributed by atoms with Crippen LogP contribution < -0.4 is 5.73 Å². The molecule has 1 aromatic heterocycles. The Labute approximate surface area is 112 Å². The van der Waals surface area contributed by atoms with Crippen molar-refractivity contribution >= 4 is 15.8 Å². The third kappa shape index (κ3) is 2.73. The van der Waals surface area contributed by atoms with Gasteiger partial charge >= 0.3 is 0 Å². The molecular formula is C10H19N5O3S. The quantitative estimate of drug-likeness (QED) is 0.633. The molecule has 0 bridgehead atoms. The lowest BCUT2D eigenvalue weighted by atomic mass is 10.2. The summed E-state index contributed by atoms with van der Waals surface area (Å²) in [7, 11) is -0.000215. The smallest absolute Gasteiger partial charge is 0.248 e. The van der Waals surface area contributed by atoms with E-state index in [4.69, 9.17) is 5.73 Å². The summed E-state index contributed by atoms with van der Waals surface area (Å²) in [6.07, 6.45) is 0.977. The van der Waals surface area contributed by atoms with Crippen LogP contribution in [0.5, 0.6) is 0 Å². The molecule has 2 rings (SSSR count). The van der Waals surface area contributed by atoms with Gasteiger partial charge in [0.25, 0.3) is 0 Å². The van der Waals surface area contributed by atoms with E-state index in [9.17, 15) is 13.5 Å². The molecule has 1 aromatic rings. The number of aromatic nitrogens is 2. The van der Waals surface area contributed by atoms with Crippen molar-refractivity contribution in [3.63, 3.8) is 0 Å². The Hall–Kier alpha value is -1.16. The van der Waals surface area contributed by atoms with Crippen LogP contribution in [0.4, 0.5) is 5.82 Å². The highest BCUT2D eigenvalue weighted by atomic mass is 32.2. The van der Waals surface area contributed by atoms with Gasteiger partial charge in [-0.1, -0.05) is 0 Å². The molecule has 0 radical (unpaired) electrons. The molecule has 1 aliphatic heterocycles. The summed E-state index contributed by atoms with van der Waals surface area (Å²) >= 11 is 0. The van der Waals surface area contributed by atoms with Crippen LogP contribution in [0.25, 0.3) is 0 Å². The number of aliphatic hydroxyl groups excluding tert-OH is 1. The molecule has 4 N–H and O–H groups in total. The van der Waals surface area contributed by atoms with Crippen LogP contribution in [0.2, 0.25) is 0 Å². The highest BCUT2D eigenvalue weighted by Crippen LogP contribution is 2.28. The van der Waals surface area contributed by atoms with Gasteiger partial charge in [-0.2, -0.15) is 9.40 Å². The van der Waals surface area contributed by atoms with E-state index in [0.717, 1.165) is 0 Å². The summed E-state index contributed by atoms with van der Waals surface area (Å²) in [6.45, 7) is 0.638. The minimum atomic E-state index is -3.73. The van der Waals surface area contributed by atoms with E-state index in [1.807, 2.05) is 19.0 Å². The second kappa shape index (κ2) is 5.08. The van der Waals surface area contributed by atoms with Crippen molar-refractivity contribution in [2.24, 2.45) is 0 Å². The Bertz CT molecular complexity index is 541. The molecule has 1 aliphatic rings. The first-order valence-electron chi connectivity index (χ1n) is 5.96. The highest BCUT2D eigenvalue weighted by molar-refractivity contribution is 7.89. The van der Waals surface area contributed by atoms with Crippen molar-refractivity contribution < 1.29 is 13.5 Å². The third-order valence-corrected chi connectivity index (χ3v) is 5.08. The predicted molar refractivity (Wildman–Crippen MR) is 69.9 cm³/mol. The van der Waals surface area contributed by atoms with E-state index in [2.05, 4.69) is 10.2 Å². The maximum atomic E-state index is 12.5. The number of aromatic amines is 1. The van der Waals surface area contributed by atoms with E-state index in [0.29, 0.717) is 13.0 Å². The summed E-state index contributed by atoms with van der Waals surface area (Å²) in [5.41, 5.74) is 5.58. The van der Waals surface area contributed by atoms with E-state index in [-0.39, 0.29) is 23.3 Å². The van der Waals surface area contributed by atoms with Crippen LogP contribution in [0.3, 0.4) is 0 Å². The average molecular weight is 289 g/mol. The Morgan fingerprint density at radius 1 is 1.63 bits per heavy atom. The number of aliphatic hydroxyl groups is 1. The molecule has 0 aromatic carbocycles. The van der Waals surface area contributed by atoms with Crippen LogP contribution in [-0.4, -0.2) is 72.3 Å². The molecule has 1 fully saturated rings. The van der Waals surface area contributed by atoms with E-state index >= 15 is 0 Å². The number of hydrogen-bond donors (Lipinski definition) is 3. The van der Waals surface area contributed by atoms with Gasteiger partial charge in [-0.05, 0) is 20.5 Å². The SMILES string of the molecule is CN(C)CC1CC(O)CN1S(=O)(=O)c1cn[nH]c1N. The normalized spacial score (nSPS) is 25.3. The van der Waals surface area contributed by atoms with Gasteiger partial charge < -0.3 is 15.7 Å². The van der Waals surface area contributed by atoms with Gasteiger partial charge in [0.2, 0.25) is 10.0 Å². The van der Waals surface area contributed by atoms with Gasteiger partial charge in [0, 0.05) is 19.1 Å². The number of nitrogen functional groups attached to an aromatic ring is 1. The minimum Gasteiger partial charge on any atom is -0.392 e. The number of H-pyrrole nitrogens is 1. The summed E-state index contributed by atoms with van der Waals surface area (Å²) in [5, 5.41) is 15.8. The van der Waals surface area contributed by atoms with Crippen LogP contribution in [0.15, 0.2) is 11.1 Å². The Morgan fingerprint density at radius 3 is 2.84 bits per heavy atom. The van der Waals surface area contributed by atoms with E-state index in [1.165, 1.54) is 10.5 Å². The summed E-state index contributed by atoms with van der Waals surface area (Å²) in [5.74, 6) is 0.0185. The maximum Gasteiger partial charge on any atom is 0.248 e. The summed E-state index contributed by atoms with van der Waals surface area (Å²) < 4.78 is 26.3. The Morgan fingerprint density at radius 2 is 2.32 bits per heavy atom. The number of nitrogens with one attached hydrogen (secondary N) is 1. The van der Waals surface area contributed by atoms with Crippen molar-refractivity contribution in [3.05, 3.63) is 6.20 Å². The molecule has 0 aliphatic carbocycles. The fourth-order valence-corrected chi connectivity index (χ4v) is 4.04. The van der Waals surface area contributed by atoms with Gasteiger partial charge in [-0.3, -0.25) is 5.10 Å². The first-order chi connectivity index (χ1) is 8.82. The van der Waals surface area contributed by atoms with Gasteiger partial charge in [-0.15, -0.1) is 0 Å². The molecule has 0 spiro atoms. The number of nitrogens with two attached hydrogens (primary N) is 1. The number of likely N-dealkylation sites (N-methyl/N-ethyl adjacent to an activating group) is 1. The second-order valence-corrected chi connectivity index (χ2v) is 6.89. The zero-order valence-electron chi connectivity index (χ0n) is 10.9. The lowest BCUT2D eigenvalue weighted by Crippen LogP contribution is -2.41. The van der Waals surface area contributed by atoms with Crippen LogP contribution in [0.1, 0.15) is 6.42 Å². The molecular weight excluding hydrogens is 270 g/mol. The Kier molecular flexibility index (Phi) is 3.81. The van der Waals surface area contributed by atoms with Gasteiger partial charge in [0.05, 0.1) is 12.3 Å². The number of hydrogen-bond acceptors (Lipinski definition) is 6. The molecule has 0 saturated carbocycles. The molecule has 2 atom stereocenters. The molecule has 2 unspecified atom stereocenters. The number of sulfonamides is 1. The van der Waals surface area contributed by atoms with E-state index in [1.54, 1.807) is 0 Å². The number of anilines is 1. The minimum absolute atomic E-state index is 0.0185. The maximum absolute atomic E-state index is 12.5. The second-order valence-electron chi connectivity index (χ2n) is 5.03. The Balaban J connectivity index is 2.31. The largest absolute Gasteiger partial charge is 0.392 e. The zero-order chi connectivity index (χ0) is 14.2. The fourth-order valence-electron chi connectivity index (χ4n) is 2.36. The molecule has 9 heteroatoms. The average Bonchev–Trinajstić information content (AvgIpc) is 2.84. The topological polar surface area (TPSA) is 116 Å². The van der Waals surface area contributed by atoms with Crippen LogP contribution in [-0.2, 0) is 10.0 Å². The van der Waals surface area contributed by atoms with E-state index < -0.39 is 16.1 Å². The van der Waals surface area contributed by atoms with Crippen LogP contribution in [0, 0.1) is 0 Å². The highest BCUT2D eigenvalue weighted by Gasteiger charge is 2.40. The number of rotatable bonds is 4. The molecule has 19 heavy (non-hydrogen) atoms. The predicted octanol–water partition coefficient (Wildman–Crippen LogP) is -1.32. The number of β-amino-alcohol motifs (C(OH)–C–C–N with tert-alkyl or cyclic N) is 1. The molecule has 1 saturated heterocycles. The molecule has 108 valence electrons. The molecule has 2 heterocycles. The summed E-state index contributed by atoms with van der Waals surface area (Å²) in [6, 6.07) is -0.260. The lowest BCUT2D eigenvalue weighted by Gasteiger charge is -2.25. The van der Waals surface area contributed by atoms with Gasteiger partial charge in [0.1, 0.15) is 10.7 Å². The molecule has 0 amide bonds. The monoisotopic (exact) mass is 289 g/mol. The first kappa shape index (κ1) is 14.3.